The predicted octanol–water partition coefficient (Wildman–Crippen LogP) is 3.18. The van der Waals surface area contributed by atoms with Crippen molar-refractivity contribution in [1.82, 2.24) is 4.98 Å². The molecule has 0 saturated heterocycles. The summed E-state index contributed by atoms with van der Waals surface area (Å²) in [6, 6.07) is 8.33. The van der Waals surface area contributed by atoms with Crippen molar-refractivity contribution in [3.05, 3.63) is 40.9 Å². The van der Waals surface area contributed by atoms with E-state index in [-0.39, 0.29) is 0 Å². The van der Waals surface area contributed by atoms with E-state index in [0.717, 1.165) is 10.7 Å². The van der Waals surface area contributed by atoms with Gasteiger partial charge in [0.05, 0.1) is 5.69 Å². The van der Waals surface area contributed by atoms with Gasteiger partial charge in [0.1, 0.15) is 5.01 Å². The first-order chi connectivity index (χ1) is 7.72. The Morgan fingerprint density at radius 1 is 1.38 bits per heavy atom. The first kappa shape index (κ1) is 11.3. The summed E-state index contributed by atoms with van der Waals surface area (Å²) >= 11 is 1.69. The largest absolute Gasteiger partial charge is 0.330 e. The standard InChI is InChI=1S/C13H16N2S/c1-9-5-3-4-6-11(9)13-15-12(8-16-13)10(2)7-14/h3-6,8,10H,7,14H2,1-2H3. The second-order valence-electron chi connectivity index (χ2n) is 4.03. The topological polar surface area (TPSA) is 38.9 Å². The Morgan fingerprint density at radius 3 is 2.81 bits per heavy atom. The molecule has 1 aromatic heterocycles. The molecule has 2 rings (SSSR count). The fraction of sp³-hybridized carbons (Fsp3) is 0.308. The molecular weight excluding hydrogens is 216 g/mol. The molecule has 84 valence electrons. The van der Waals surface area contributed by atoms with Gasteiger partial charge in [0.15, 0.2) is 0 Å². The SMILES string of the molecule is Cc1ccccc1-c1nc(C(C)CN)cs1. The van der Waals surface area contributed by atoms with Crippen LogP contribution in [0.4, 0.5) is 0 Å². The Hall–Kier alpha value is -1.19. The lowest BCUT2D eigenvalue weighted by Crippen LogP contribution is -2.08. The van der Waals surface area contributed by atoms with Crippen LogP contribution in [0.5, 0.6) is 0 Å². The summed E-state index contributed by atoms with van der Waals surface area (Å²) < 4.78 is 0. The van der Waals surface area contributed by atoms with Crippen LogP contribution >= 0.6 is 11.3 Å². The number of nitrogens with two attached hydrogens (primary N) is 1. The van der Waals surface area contributed by atoms with Crippen LogP contribution in [0.15, 0.2) is 29.6 Å². The summed E-state index contributed by atoms with van der Waals surface area (Å²) in [5, 5.41) is 3.20. The molecule has 0 aliphatic rings. The molecule has 0 spiro atoms. The summed E-state index contributed by atoms with van der Waals surface area (Å²) in [5.74, 6) is 0.342. The van der Waals surface area contributed by atoms with E-state index in [1.54, 1.807) is 11.3 Å². The van der Waals surface area contributed by atoms with E-state index in [1.807, 2.05) is 0 Å². The molecule has 0 amide bonds. The minimum atomic E-state index is 0.342. The molecule has 0 aliphatic heterocycles. The van der Waals surface area contributed by atoms with E-state index < -0.39 is 0 Å². The third kappa shape index (κ3) is 2.15. The number of nitrogens with zero attached hydrogens (tertiary/aromatic N) is 1. The summed E-state index contributed by atoms with van der Waals surface area (Å²) in [6.45, 7) is 4.87. The Kier molecular flexibility index (Phi) is 3.36. The van der Waals surface area contributed by atoms with Gasteiger partial charge in [-0.25, -0.2) is 4.98 Å². The molecule has 1 aromatic carbocycles. The predicted molar refractivity (Wildman–Crippen MR) is 69.8 cm³/mol. The molecule has 16 heavy (non-hydrogen) atoms. The number of hydrogen-bond donors (Lipinski definition) is 1. The maximum Gasteiger partial charge on any atom is 0.123 e. The summed E-state index contributed by atoms with van der Waals surface area (Å²) in [5.41, 5.74) is 9.24. The molecule has 2 aromatic rings. The summed E-state index contributed by atoms with van der Waals surface area (Å²) in [6.07, 6.45) is 0. The Bertz CT molecular complexity index is 476. The second kappa shape index (κ2) is 4.76. The van der Waals surface area contributed by atoms with E-state index in [1.165, 1.54) is 11.1 Å². The quantitative estimate of drug-likeness (QED) is 0.882. The zero-order valence-electron chi connectivity index (χ0n) is 9.60. The van der Waals surface area contributed by atoms with Crippen molar-refractivity contribution in [2.75, 3.05) is 6.54 Å². The molecule has 2 N–H and O–H groups in total. The number of aryl methyl sites for hydroxylation is 1. The highest BCUT2D eigenvalue weighted by Gasteiger charge is 2.10. The molecule has 1 unspecified atom stereocenters. The second-order valence-corrected chi connectivity index (χ2v) is 4.89. The van der Waals surface area contributed by atoms with Crippen LogP contribution in [-0.2, 0) is 0 Å². The molecular formula is C13H16N2S. The van der Waals surface area contributed by atoms with Gasteiger partial charge < -0.3 is 5.73 Å². The van der Waals surface area contributed by atoms with E-state index >= 15 is 0 Å². The molecule has 0 radical (unpaired) electrons. The lowest BCUT2D eigenvalue weighted by atomic mass is 10.1. The van der Waals surface area contributed by atoms with Crippen molar-refractivity contribution < 1.29 is 0 Å². The van der Waals surface area contributed by atoms with Crippen LogP contribution in [0.3, 0.4) is 0 Å². The monoisotopic (exact) mass is 232 g/mol. The fourth-order valence-corrected chi connectivity index (χ4v) is 2.60. The van der Waals surface area contributed by atoms with E-state index in [0.29, 0.717) is 12.5 Å². The lowest BCUT2D eigenvalue weighted by molar-refractivity contribution is 0.752. The van der Waals surface area contributed by atoms with Gasteiger partial charge in [-0.1, -0.05) is 31.2 Å². The minimum absolute atomic E-state index is 0.342. The van der Waals surface area contributed by atoms with Crippen molar-refractivity contribution in [1.29, 1.82) is 0 Å². The van der Waals surface area contributed by atoms with Crippen LogP contribution in [0, 0.1) is 6.92 Å². The van der Waals surface area contributed by atoms with Crippen LogP contribution < -0.4 is 5.73 Å². The van der Waals surface area contributed by atoms with Gasteiger partial charge in [-0.05, 0) is 12.5 Å². The molecule has 3 heteroatoms. The van der Waals surface area contributed by atoms with E-state index in [2.05, 4.69) is 48.5 Å². The molecule has 0 saturated carbocycles. The number of benzene rings is 1. The van der Waals surface area contributed by atoms with Crippen molar-refractivity contribution in [2.24, 2.45) is 5.73 Å². The lowest BCUT2D eigenvalue weighted by Gasteiger charge is -2.03. The number of rotatable bonds is 3. The summed E-state index contributed by atoms with van der Waals surface area (Å²) in [4.78, 5) is 4.65. The van der Waals surface area contributed by atoms with Gasteiger partial charge in [0, 0.05) is 23.4 Å². The summed E-state index contributed by atoms with van der Waals surface area (Å²) in [7, 11) is 0. The highest BCUT2D eigenvalue weighted by Crippen LogP contribution is 2.28. The zero-order valence-corrected chi connectivity index (χ0v) is 10.4. The third-order valence-corrected chi connectivity index (χ3v) is 3.65. The van der Waals surface area contributed by atoms with Crippen molar-refractivity contribution in [3.63, 3.8) is 0 Å². The highest BCUT2D eigenvalue weighted by atomic mass is 32.1. The van der Waals surface area contributed by atoms with Gasteiger partial charge in [-0.15, -0.1) is 11.3 Å². The molecule has 1 heterocycles. The number of thiazole rings is 1. The van der Waals surface area contributed by atoms with E-state index in [9.17, 15) is 0 Å². The van der Waals surface area contributed by atoms with Crippen LogP contribution in [0.1, 0.15) is 24.1 Å². The number of hydrogen-bond acceptors (Lipinski definition) is 3. The van der Waals surface area contributed by atoms with Crippen molar-refractivity contribution >= 4 is 11.3 Å². The van der Waals surface area contributed by atoms with Crippen LogP contribution in [0.2, 0.25) is 0 Å². The Morgan fingerprint density at radius 2 is 2.12 bits per heavy atom. The first-order valence-corrected chi connectivity index (χ1v) is 6.32. The maximum atomic E-state index is 5.65. The first-order valence-electron chi connectivity index (χ1n) is 5.44. The molecule has 0 aliphatic carbocycles. The average molecular weight is 232 g/mol. The van der Waals surface area contributed by atoms with Crippen LogP contribution in [0.25, 0.3) is 10.6 Å². The van der Waals surface area contributed by atoms with E-state index in [4.69, 9.17) is 5.73 Å². The zero-order chi connectivity index (χ0) is 11.5. The molecule has 0 fully saturated rings. The van der Waals surface area contributed by atoms with Gasteiger partial charge in [0.2, 0.25) is 0 Å². The van der Waals surface area contributed by atoms with Crippen molar-refractivity contribution in [2.45, 2.75) is 19.8 Å². The highest BCUT2D eigenvalue weighted by molar-refractivity contribution is 7.13. The third-order valence-electron chi connectivity index (χ3n) is 2.76. The van der Waals surface area contributed by atoms with Crippen molar-refractivity contribution in [3.8, 4) is 10.6 Å². The fourth-order valence-electron chi connectivity index (χ4n) is 1.57. The van der Waals surface area contributed by atoms with Gasteiger partial charge in [-0.2, -0.15) is 0 Å². The molecule has 2 nitrogen and oxygen atoms in total. The molecule has 1 atom stereocenters. The molecule has 0 bridgehead atoms. The minimum Gasteiger partial charge on any atom is -0.330 e. The van der Waals surface area contributed by atoms with Gasteiger partial charge >= 0.3 is 0 Å². The van der Waals surface area contributed by atoms with Gasteiger partial charge in [-0.3, -0.25) is 0 Å². The average Bonchev–Trinajstić information content (AvgIpc) is 2.78. The smallest absolute Gasteiger partial charge is 0.123 e. The Balaban J connectivity index is 2.35. The maximum absolute atomic E-state index is 5.65. The normalized spacial score (nSPS) is 12.7. The Labute approximate surface area is 100 Å². The van der Waals surface area contributed by atoms with Crippen LogP contribution in [-0.4, -0.2) is 11.5 Å². The number of aromatic nitrogens is 1. The van der Waals surface area contributed by atoms with Gasteiger partial charge in [0.25, 0.3) is 0 Å².